The lowest BCUT2D eigenvalue weighted by molar-refractivity contribution is -0.148. The molecule has 1 heterocycles. The van der Waals surface area contributed by atoms with Gasteiger partial charge in [-0.3, -0.25) is 4.79 Å². The van der Waals surface area contributed by atoms with Gasteiger partial charge in [0.2, 0.25) is 0 Å². The quantitative estimate of drug-likeness (QED) is 0.399. The third kappa shape index (κ3) is 6.23. The summed E-state index contributed by atoms with van der Waals surface area (Å²) in [6, 6.07) is 17.4. The Hall–Kier alpha value is -3.03. The van der Waals surface area contributed by atoms with Crippen molar-refractivity contribution in [3.05, 3.63) is 71.2 Å². The predicted molar refractivity (Wildman–Crippen MR) is 113 cm³/mol. The summed E-state index contributed by atoms with van der Waals surface area (Å²) in [5.41, 5.74) is 1.88. The van der Waals surface area contributed by atoms with E-state index in [0.717, 1.165) is 15.8 Å². The van der Waals surface area contributed by atoms with E-state index in [1.807, 2.05) is 54.6 Å². The van der Waals surface area contributed by atoms with Crippen LogP contribution in [0.3, 0.4) is 0 Å². The number of rotatable bonds is 9. The van der Waals surface area contributed by atoms with Gasteiger partial charge in [-0.2, -0.15) is 0 Å². The first-order chi connectivity index (χ1) is 14.2. The average molecular weight is 410 g/mol. The third-order valence-corrected chi connectivity index (χ3v) is 5.15. The van der Waals surface area contributed by atoms with Crippen LogP contribution >= 0.6 is 11.3 Å². The molecule has 0 radical (unpaired) electrons. The molecule has 6 nitrogen and oxygen atoms in total. The van der Waals surface area contributed by atoms with E-state index >= 15 is 0 Å². The summed E-state index contributed by atoms with van der Waals surface area (Å²) in [4.78, 5) is 30.5. The minimum Gasteiger partial charge on any atom is -0.452 e. The first-order valence-electron chi connectivity index (χ1n) is 9.17. The minimum atomic E-state index is -0.580. The van der Waals surface area contributed by atoms with Gasteiger partial charge < -0.3 is 14.4 Å². The number of benzene rings is 2. The Balaban J connectivity index is 1.54. The topological polar surface area (TPSA) is 68.7 Å². The number of esters is 1. The van der Waals surface area contributed by atoms with Crippen LogP contribution in [0.15, 0.2) is 60.7 Å². The SMILES string of the molecule is COCCN(Cc1ccccc1)C(=O)COC(=O)/C=C/c1nc2ccccc2s1. The van der Waals surface area contributed by atoms with Crippen LogP contribution in [0.25, 0.3) is 16.3 Å². The lowest BCUT2D eigenvalue weighted by Crippen LogP contribution is -2.36. The number of hydrogen-bond donors (Lipinski definition) is 0. The number of methoxy groups -OCH3 is 1. The van der Waals surface area contributed by atoms with Gasteiger partial charge in [0.15, 0.2) is 6.61 Å². The first kappa shape index (κ1) is 20.7. The van der Waals surface area contributed by atoms with Crippen molar-refractivity contribution in [1.29, 1.82) is 0 Å². The number of aromatic nitrogens is 1. The van der Waals surface area contributed by atoms with E-state index in [1.165, 1.54) is 17.4 Å². The Morgan fingerprint density at radius 2 is 1.86 bits per heavy atom. The predicted octanol–water partition coefficient (Wildman–Crippen LogP) is 3.53. The third-order valence-electron chi connectivity index (χ3n) is 4.14. The van der Waals surface area contributed by atoms with E-state index in [1.54, 1.807) is 18.1 Å². The van der Waals surface area contributed by atoms with Crippen LogP contribution in [0.5, 0.6) is 0 Å². The van der Waals surface area contributed by atoms with Crippen LogP contribution in [-0.2, 0) is 25.6 Å². The van der Waals surface area contributed by atoms with Crippen LogP contribution in [0.4, 0.5) is 0 Å². The zero-order valence-electron chi connectivity index (χ0n) is 16.1. The molecule has 2 aromatic carbocycles. The number of fused-ring (bicyclic) bond motifs is 1. The van der Waals surface area contributed by atoms with Crippen LogP contribution in [-0.4, -0.2) is 48.6 Å². The fourth-order valence-electron chi connectivity index (χ4n) is 2.67. The van der Waals surface area contributed by atoms with Gasteiger partial charge in [0, 0.05) is 26.3 Å². The number of carbonyl (C=O) groups excluding carboxylic acids is 2. The first-order valence-corrected chi connectivity index (χ1v) is 9.98. The molecule has 150 valence electrons. The summed E-state index contributed by atoms with van der Waals surface area (Å²) in [7, 11) is 1.58. The molecule has 7 heteroatoms. The second-order valence-corrected chi connectivity index (χ2v) is 7.32. The summed E-state index contributed by atoms with van der Waals surface area (Å²) in [5.74, 6) is -0.850. The van der Waals surface area contributed by atoms with E-state index in [0.29, 0.717) is 24.7 Å². The van der Waals surface area contributed by atoms with Crippen molar-refractivity contribution < 1.29 is 19.1 Å². The lowest BCUT2D eigenvalue weighted by Gasteiger charge is -2.22. The van der Waals surface area contributed by atoms with Gasteiger partial charge in [0.25, 0.3) is 5.91 Å². The summed E-state index contributed by atoms with van der Waals surface area (Å²) in [5, 5.41) is 0.709. The van der Waals surface area contributed by atoms with E-state index in [9.17, 15) is 9.59 Å². The molecular weight excluding hydrogens is 388 g/mol. The maximum absolute atomic E-state index is 12.5. The van der Waals surface area contributed by atoms with Crippen molar-refractivity contribution in [3.8, 4) is 0 Å². The highest BCUT2D eigenvalue weighted by molar-refractivity contribution is 7.19. The Morgan fingerprint density at radius 1 is 1.10 bits per heavy atom. The molecule has 29 heavy (non-hydrogen) atoms. The van der Waals surface area contributed by atoms with Crippen LogP contribution in [0.2, 0.25) is 0 Å². The van der Waals surface area contributed by atoms with Gasteiger partial charge >= 0.3 is 5.97 Å². The highest BCUT2D eigenvalue weighted by Crippen LogP contribution is 2.22. The largest absolute Gasteiger partial charge is 0.452 e. The van der Waals surface area contributed by atoms with E-state index in [2.05, 4.69) is 4.98 Å². The van der Waals surface area contributed by atoms with Gasteiger partial charge in [-0.05, 0) is 23.8 Å². The van der Waals surface area contributed by atoms with Gasteiger partial charge in [0.1, 0.15) is 5.01 Å². The van der Waals surface area contributed by atoms with Crippen molar-refractivity contribution in [1.82, 2.24) is 9.88 Å². The highest BCUT2D eigenvalue weighted by Gasteiger charge is 2.15. The molecule has 0 spiro atoms. The monoisotopic (exact) mass is 410 g/mol. The second-order valence-electron chi connectivity index (χ2n) is 6.25. The molecule has 0 saturated carbocycles. The standard InChI is InChI=1S/C22H22N2O4S/c1-27-14-13-24(15-17-7-3-2-4-8-17)21(25)16-28-22(26)12-11-20-23-18-9-5-6-10-19(18)29-20/h2-12H,13-16H2,1H3/b12-11+. The molecule has 0 fully saturated rings. The highest BCUT2D eigenvalue weighted by atomic mass is 32.1. The van der Waals surface area contributed by atoms with E-state index in [-0.39, 0.29) is 12.5 Å². The smallest absolute Gasteiger partial charge is 0.331 e. The molecule has 1 aromatic heterocycles. The zero-order valence-corrected chi connectivity index (χ0v) is 16.9. The van der Waals surface area contributed by atoms with Crippen molar-refractivity contribution >= 4 is 39.5 Å². The molecule has 0 N–H and O–H groups in total. The molecule has 0 aliphatic heterocycles. The van der Waals surface area contributed by atoms with Crippen molar-refractivity contribution in [2.75, 3.05) is 26.9 Å². The number of nitrogens with zero attached hydrogens (tertiary/aromatic N) is 2. The number of amides is 1. The molecular formula is C22H22N2O4S. The Bertz CT molecular complexity index is 952. The number of carbonyl (C=O) groups is 2. The molecule has 3 rings (SSSR count). The number of ether oxygens (including phenoxy) is 2. The Labute approximate surface area is 173 Å². The van der Waals surface area contributed by atoms with Crippen LogP contribution < -0.4 is 0 Å². The Kier molecular flexibility index (Phi) is 7.49. The molecule has 1 amide bonds. The molecule has 0 aliphatic rings. The lowest BCUT2D eigenvalue weighted by atomic mass is 10.2. The molecule has 0 bridgehead atoms. The molecule has 3 aromatic rings. The van der Waals surface area contributed by atoms with Crippen molar-refractivity contribution in [2.24, 2.45) is 0 Å². The maximum Gasteiger partial charge on any atom is 0.331 e. The summed E-state index contributed by atoms with van der Waals surface area (Å²) < 4.78 is 11.2. The number of para-hydroxylation sites is 1. The van der Waals surface area contributed by atoms with Gasteiger partial charge in [0.05, 0.1) is 16.8 Å². The minimum absolute atomic E-state index is 0.271. The normalized spacial score (nSPS) is 11.1. The summed E-state index contributed by atoms with van der Waals surface area (Å²) >= 11 is 1.48. The molecule has 0 saturated heterocycles. The number of thiazole rings is 1. The molecule has 0 atom stereocenters. The Morgan fingerprint density at radius 3 is 2.62 bits per heavy atom. The summed E-state index contributed by atoms with van der Waals surface area (Å²) in [6.07, 6.45) is 2.89. The van der Waals surface area contributed by atoms with Crippen molar-refractivity contribution in [2.45, 2.75) is 6.54 Å². The van der Waals surface area contributed by atoms with E-state index in [4.69, 9.17) is 9.47 Å². The van der Waals surface area contributed by atoms with Crippen LogP contribution in [0, 0.1) is 0 Å². The fraction of sp³-hybridized carbons (Fsp3) is 0.227. The number of hydrogen-bond acceptors (Lipinski definition) is 6. The zero-order chi connectivity index (χ0) is 20.5. The molecule has 0 aliphatic carbocycles. The fourth-order valence-corrected chi connectivity index (χ4v) is 3.54. The van der Waals surface area contributed by atoms with Crippen LogP contribution in [0.1, 0.15) is 10.6 Å². The summed E-state index contributed by atoms with van der Waals surface area (Å²) in [6.45, 7) is 0.940. The average Bonchev–Trinajstić information content (AvgIpc) is 3.17. The van der Waals surface area contributed by atoms with Gasteiger partial charge in [-0.15, -0.1) is 11.3 Å². The van der Waals surface area contributed by atoms with Gasteiger partial charge in [-0.25, -0.2) is 9.78 Å². The van der Waals surface area contributed by atoms with E-state index < -0.39 is 5.97 Å². The second kappa shape index (κ2) is 10.5. The molecule has 0 unspecified atom stereocenters. The van der Waals surface area contributed by atoms with Gasteiger partial charge in [-0.1, -0.05) is 42.5 Å². The maximum atomic E-state index is 12.5. The van der Waals surface area contributed by atoms with Crippen molar-refractivity contribution in [3.63, 3.8) is 0 Å².